The Morgan fingerprint density at radius 3 is 2.40 bits per heavy atom. The number of benzene rings is 1. The lowest BCUT2D eigenvalue weighted by atomic mass is 10.1. The second-order valence-electron chi connectivity index (χ2n) is 5.75. The quantitative estimate of drug-likeness (QED) is 0.574. The van der Waals surface area contributed by atoms with Crippen LogP contribution in [0.2, 0.25) is 0 Å². The van der Waals surface area contributed by atoms with Gasteiger partial charge >= 0.3 is 6.09 Å². The fourth-order valence-corrected chi connectivity index (χ4v) is 1.96. The van der Waals surface area contributed by atoms with Gasteiger partial charge in [0.05, 0.1) is 6.61 Å². The molecule has 0 fully saturated rings. The molecular formula is C16H24ClNO2. The van der Waals surface area contributed by atoms with Crippen LogP contribution in [0.15, 0.2) is 30.3 Å². The van der Waals surface area contributed by atoms with Crippen molar-refractivity contribution in [1.29, 1.82) is 0 Å². The molecule has 1 aromatic rings. The molecule has 0 aliphatic heterocycles. The van der Waals surface area contributed by atoms with Crippen LogP contribution in [0, 0.1) is 0 Å². The number of ether oxygens (including phenoxy) is 1. The first kappa shape index (κ1) is 16.8. The van der Waals surface area contributed by atoms with E-state index < -0.39 is 0 Å². The molecule has 1 rings (SSSR count). The van der Waals surface area contributed by atoms with Gasteiger partial charge < -0.3 is 4.74 Å². The average molecular weight is 298 g/mol. The smallest absolute Gasteiger partial charge is 0.410 e. The highest BCUT2D eigenvalue weighted by atomic mass is 35.5. The molecule has 0 saturated carbocycles. The molecule has 0 unspecified atom stereocenters. The van der Waals surface area contributed by atoms with Crippen LogP contribution in [0.4, 0.5) is 4.79 Å². The van der Waals surface area contributed by atoms with E-state index in [1.807, 2.05) is 51.1 Å². The van der Waals surface area contributed by atoms with Gasteiger partial charge in [0.1, 0.15) is 0 Å². The van der Waals surface area contributed by atoms with Crippen LogP contribution in [-0.4, -0.2) is 29.0 Å². The van der Waals surface area contributed by atoms with Crippen LogP contribution in [0.1, 0.15) is 39.2 Å². The van der Waals surface area contributed by atoms with Gasteiger partial charge in [-0.25, -0.2) is 4.79 Å². The second kappa shape index (κ2) is 8.15. The normalized spacial score (nSPS) is 11.2. The first-order chi connectivity index (χ1) is 9.45. The van der Waals surface area contributed by atoms with Gasteiger partial charge in [-0.15, -0.1) is 11.6 Å². The molecule has 0 bridgehead atoms. The Morgan fingerprint density at radius 2 is 1.85 bits per heavy atom. The number of alkyl halides is 1. The molecular weight excluding hydrogens is 274 g/mol. The van der Waals surface area contributed by atoms with Crippen molar-refractivity contribution in [3.05, 3.63) is 35.9 Å². The molecule has 0 N–H and O–H groups in total. The van der Waals surface area contributed by atoms with Gasteiger partial charge in [-0.3, -0.25) is 4.90 Å². The molecule has 112 valence electrons. The highest BCUT2D eigenvalue weighted by Crippen LogP contribution is 2.18. The predicted molar refractivity (Wildman–Crippen MR) is 83.0 cm³/mol. The lowest BCUT2D eigenvalue weighted by molar-refractivity contribution is 0.0629. The van der Waals surface area contributed by atoms with Gasteiger partial charge in [0, 0.05) is 18.0 Å². The second-order valence-corrected chi connectivity index (χ2v) is 6.13. The van der Waals surface area contributed by atoms with E-state index in [4.69, 9.17) is 16.3 Å². The van der Waals surface area contributed by atoms with Crippen LogP contribution in [0.5, 0.6) is 0 Å². The Labute approximate surface area is 126 Å². The van der Waals surface area contributed by atoms with Crippen molar-refractivity contribution < 1.29 is 9.53 Å². The van der Waals surface area contributed by atoms with Gasteiger partial charge in [0.2, 0.25) is 0 Å². The highest BCUT2D eigenvalue weighted by molar-refractivity contribution is 6.17. The summed E-state index contributed by atoms with van der Waals surface area (Å²) in [5.74, 6) is 0.602. The number of rotatable bonds is 6. The standard InChI is InChI=1S/C16H24ClNO2/c1-16(2,3)18(13-14-9-5-4-6-10-14)15(19)20-12-8-7-11-17/h4-6,9-10H,7-8,11-13H2,1-3H3. The molecule has 0 aliphatic carbocycles. The highest BCUT2D eigenvalue weighted by Gasteiger charge is 2.27. The number of unbranched alkanes of at least 4 members (excludes halogenated alkanes) is 1. The molecule has 0 aliphatic rings. The number of hydrogen-bond donors (Lipinski definition) is 0. The summed E-state index contributed by atoms with van der Waals surface area (Å²) >= 11 is 5.61. The van der Waals surface area contributed by atoms with Crippen LogP contribution < -0.4 is 0 Å². The van der Waals surface area contributed by atoms with Crippen LogP contribution >= 0.6 is 11.6 Å². The van der Waals surface area contributed by atoms with E-state index in [1.54, 1.807) is 4.90 Å². The van der Waals surface area contributed by atoms with Crippen molar-refractivity contribution in [3.63, 3.8) is 0 Å². The third kappa shape index (κ3) is 5.83. The minimum atomic E-state index is -0.278. The summed E-state index contributed by atoms with van der Waals surface area (Å²) in [5.41, 5.74) is 0.819. The van der Waals surface area contributed by atoms with Gasteiger partial charge in [-0.2, -0.15) is 0 Å². The van der Waals surface area contributed by atoms with Crippen molar-refractivity contribution in [3.8, 4) is 0 Å². The molecule has 1 amide bonds. The van der Waals surface area contributed by atoms with Crippen molar-refractivity contribution >= 4 is 17.7 Å². The predicted octanol–water partition coefficient (Wildman–Crippen LogP) is 4.44. The molecule has 20 heavy (non-hydrogen) atoms. The number of nitrogens with zero attached hydrogens (tertiary/aromatic N) is 1. The first-order valence-corrected chi connectivity index (χ1v) is 7.53. The summed E-state index contributed by atoms with van der Waals surface area (Å²) in [6, 6.07) is 9.94. The third-order valence-electron chi connectivity index (χ3n) is 2.97. The molecule has 0 heterocycles. The first-order valence-electron chi connectivity index (χ1n) is 6.99. The number of carbonyl (C=O) groups excluding carboxylic acids is 1. The van der Waals surface area contributed by atoms with E-state index in [2.05, 4.69) is 0 Å². The maximum absolute atomic E-state index is 12.2. The molecule has 0 spiro atoms. The maximum atomic E-state index is 12.2. The zero-order valence-corrected chi connectivity index (χ0v) is 13.3. The zero-order chi connectivity index (χ0) is 15.0. The zero-order valence-electron chi connectivity index (χ0n) is 12.6. The summed E-state index contributed by atoms with van der Waals surface area (Å²) in [5, 5.41) is 0. The number of hydrogen-bond acceptors (Lipinski definition) is 2. The van der Waals surface area contributed by atoms with E-state index in [0.717, 1.165) is 18.4 Å². The van der Waals surface area contributed by atoms with Crippen LogP contribution in [-0.2, 0) is 11.3 Å². The van der Waals surface area contributed by atoms with E-state index >= 15 is 0 Å². The maximum Gasteiger partial charge on any atom is 0.410 e. The minimum Gasteiger partial charge on any atom is -0.449 e. The van der Waals surface area contributed by atoms with E-state index in [0.29, 0.717) is 19.0 Å². The molecule has 0 radical (unpaired) electrons. The van der Waals surface area contributed by atoms with Crippen molar-refractivity contribution in [2.24, 2.45) is 0 Å². The van der Waals surface area contributed by atoms with Gasteiger partial charge in [-0.05, 0) is 39.2 Å². The fourth-order valence-electron chi connectivity index (χ4n) is 1.78. The van der Waals surface area contributed by atoms with Gasteiger partial charge in [0.25, 0.3) is 0 Å². The topological polar surface area (TPSA) is 29.5 Å². The van der Waals surface area contributed by atoms with Crippen molar-refractivity contribution in [2.45, 2.75) is 45.7 Å². The van der Waals surface area contributed by atoms with E-state index in [-0.39, 0.29) is 11.6 Å². The molecule has 4 heteroatoms. The van der Waals surface area contributed by atoms with Crippen LogP contribution in [0.3, 0.4) is 0 Å². The Kier molecular flexibility index (Phi) is 6.86. The summed E-state index contributed by atoms with van der Waals surface area (Å²) in [6.07, 6.45) is 1.40. The summed E-state index contributed by atoms with van der Waals surface area (Å²) in [6.45, 7) is 7.01. The minimum absolute atomic E-state index is 0.268. The Balaban J connectivity index is 2.63. The fraction of sp³-hybridized carbons (Fsp3) is 0.562. The summed E-state index contributed by atoms with van der Waals surface area (Å²) < 4.78 is 5.33. The van der Waals surface area contributed by atoms with Gasteiger partial charge in [0.15, 0.2) is 0 Å². The third-order valence-corrected chi connectivity index (χ3v) is 3.23. The van der Waals surface area contributed by atoms with E-state index in [9.17, 15) is 4.79 Å². The monoisotopic (exact) mass is 297 g/mol. The Morgan fingerprint density at radius 1 is 1.20 bits per heavy atom. The van der Waals surface area contributed by atoms with Crippen molar-refractivity contribution in [1.82, 2.24) is 4.90 Å². The number of carbonyl (C=O) groups is 1. The molecule has 0 atom stereocenters. The molecule has 0 aromatic heterocycles. The van der Waals surface area contributed by atoms with Crippen LogP contribution in [0.25, 0.3) is 0 Å². The Hall–Kier alpha value is -1.22. The summed E-state index contributed by atoms with van der Waals surface area (Å²) in [4.78, 5) is 14.0. The molecule has 3 nitrogen and oxygen atoms in total. The van der Waals surface area contributed by atoms with Crippen molar-refractivity contribution in [2.75, 3.05) is 12.5 Å². The lowest BCUT2D eigenvalue weighted by Gasteiger charge is -2.34. The Bertz CT molecular complexity index is 401. The largest absolute Gasteiger partial charge is 0.449 e. The number of halogens is 1. The molecule has 0 saturated heterocycles. The SMILES string of the molecule is CC(C)(C)N(Cc1ccccc1)C(=O)OCCCCCl. The molecule has 1 aromatic carbocycles. The lowest BCUT2D eigenvalue weighted by Crippen LogP contribution is -2.45. The summed E-state index contributed by atoms with van der Waals surface area (Å²) in [7, 11) is 0. The number of amides is 1. The van der Waals surface area contributed by atoms with E-state index in [1.165, 1.54) is 0 Å². The van der Waals surface area contributed by atoms with Gasteiger partial charge in [-0.1, -0.05) is 30.3 Å². The average Bonchev–Trinajstić information content (AvgIpc) is 2.40.